The van der Waals surface area contributed by atoms with Crippen LogP contribution in [0.15, 0.2) is 47.4 Å². The molecule has 0 saturated heterocycles. The molecule has 0 bridgehead atoms. The second-order valence-electron chi connectivity index (χ2n) is 5.09. The molecular formula is C16H16Cl2N2O3S. The van der Waals surface area contributed by atoms with Gasteiger partial charge in [-0.2, -0.15) is 0 Å². The van der Waals surface area contributed by atoms with Gasteiger partial charge < -0.3 is 5.32 Å². The van der Waals surface area contributed by atoms with Gasteiger partial charge in [-0.1, -0.05) is 29.3 Å². The lowest BCUT2D eigenvalue weighted by Crippen LogP contribution is -2.26. The van der Waals surface area contributed by atoms with Crippen molar-refractivity contribution in [3.8, 4) is 0 Å². The molecule has 0 spiro atoms. The number of rotatable bonds is 6. The largest absolute Gasteiger partial charge is 0.326 e. The molecular weight excluding hydrogens is 371 g/mol. The zero-order valence-corrected chi connectivity index (χ0v) is 15.2. The summed E-state index contributed by atoms with van der Waals surface area (Å²) in [5.41, 5.74) is 1.35. The summed E-state index contributed by atoms with van der Waals surface area (Å²) in [4.78, 5) is 11.1. The average Bonchev–Trinajstić information content (AvgIpc) is 2.49. The molecule has 2 aromatic rings. The first kappa shape index (κ1) is 18.7. The number of carbonyl (C=O) groups excluding carboxylic acids is 1. The predicted octanol–water partition coefficient (Wildman–Crippen LogP) is 3.47. The lowest BCUT2D eigenvalue weighted by atomic mass is 10.1. The fourth-order valence-corrected chi connectivity index (χ4v) is 3.58. The van der Waals surface area contributed by atoms with Crippen LogP contribution in [0.1, 0.15) is 12.5 Å². The van der Waals surface area contributed by atoms with Gasteiger partial charge in [-0.05, 0) is 48.4 Å². The van der Waals surface area contributed by atoms with Crippen molar-refractivity contribution in [3.63, 3.8) is 0 Å². The van der Waals surface area contributed by atoms with Crippen LogP contribution in [0.2, 0.25) is 10.0 Å². The van der Waals surface area contributed by atoms with Crippen molar-refractivity contribution in [1.29, 1.82) is 0 Å². The number of sulfonamides is 1. The van der Waals surface area contributed by atoms with E-state index in [2.05, 4.69) is 10.0 Å². The zero-order chi connectivity index (χ0) is 17.7. The highest BCUT2D eigenvalue weighted by Gasteiger charge is 2.13. The summed E-state index contributed by atoms with van der Waals surface area (Å²) < 4.78 is 27.0. The molecule has 1 amide bonds. The number of nitrogens with one attached hydrogen (secondary N) is 2. The molecule has 5 nitrogen and oxygen atoms in total. The van der Waals surface area contributed by atoms with Crippen LogP contribution < -0.4 is 10.0 Å². The summed E-state index contributed by atoms with van der Waals surface area (Å²) in [5, 5.41) is 3.61. The molecule has 0 saturated carbocycles. The lowest BCUT2D eigenvalue weighted by Gasteiger charge is -2.09. The molecule has 0 aromatic heterocycles. The summed E-state index contributed by atoms with van der Waals surface area (Å²) in [6, 6.07) is 11.0. The highest BCUT2D eigenvalue weighted by atomic mass is 35.5. The number of anilines is 1. The Kier molecular flexibility index (Phi) is 6.23. The van der Waals surface area contributed by atoms with Gasteiger partial charge in [0.15, 0.2) is 0 Å². The second kappa shape index (κ2) is 7.98. The summed E-state index contributed by atoms with van der Waals surface area (Å²) in [6.45, 7) is 1.59. The molecule has 0 heterocycles. The van der Waals surface area contributed by atoms with E-state index in [1.165, 1.54) is 31.2 Å². The average molecular weight is 387 g/mol. The fourth-order valence-electron chi connectivity index (χ4n) is 2.05. The molecule has 0 aliphatic carbocycles. The predicted molar refractivity (Wildman–Crippen MR) is 96.1 cm³/mol. The van der Waals surface area contributed by atoms with Crippen molar-refractivity contribution in [2.75, 3.05) is 11.9 Å². The van der Waals surface area contributed by atoms with E-state index in [0.29, 0.717) is 22.2 Å². The Morgan fingerprint density at radius 2 is 1.75 bits per heavy atom. The van der Waals surface area contributed by atoms with Crippen LogP contribution in [0.25, 0.3) is 0 Å². The SMILES string of the molecule is CC(=O)Nc1ccc(S(=O)(=O)NCCc2ccc(Cl)cc2Cl)cc1. The molecule has 0 aliphatic rings. The minimum Gasteiger partial charge on any atom is -0.326 e. The highest BCUT2D eigenvalue weighted by Crippen LogP contribution is 2.21. The van der Waals surface area contributed by atoms with Crippen LogP contribution in [0, 0.1) is 0 Å². The molecule has 24 heavy (non-hydrogen) atoms. The molecule has 0 radical (unpaired) electrons. The summed E-state index contributed by atoms with van der Waals surface area (Å²) in [5.74, 6) is -0.219. The second-order valence-corrected chi connectivity index (χ2v) is 7.70. The van der Waals surface area contributed by atoms with Gasteiger partial charge in [0.25, 0.3) is 0 Å². The van der Waals surface area contributed by atoms with Crippen molar-refractivity contribution < 1.29 is 13.2 Å². The van der Waals surface area contributed by atoms with Crippen LogP contribution in [0.5, 0.6) is 0 Å². The molecule has 2 aromatic carbocycles. The van der Waals surface area contributed by atoms with Crippen LogP contribution >= 0.6 is 23.2 Å². The third-order valence-corrected chi connectivity index (χ3v) is 5.25. The Balaban J connectivity index is 1.99. The van der Waals surface area contributed by atoms with Gasteiger partial charge in [0, 0.05) is 29.2 Å². The van der Waals surface area contributed by atoms with E-state index >= 15 is 0 Å². The van der Waals surface area contributed by atoms with E-state index in [1.807, 2.05) is 0 Å². The highest BCUT2D eigenvalue weighted by molar-refractivity contribution is 7.89. The van der Waals surface area contributed by atoms with Crippen molar-refractivity contribution in [1.82, 2.24) is 4.72 Å². The van der Waals surface area contributed by atoms with E-state index in [4.69, 9.17) is 23.2 Å². The number of halogens is 2. The minimum absolute atomic E-state index is 0.124. The van der Waals surface area contributed by atoms with Crippen molar-refractivity contribution in [2.24, 2.45) is 0 Å². The number of benzene rings is 2. The van der Waals surface area contributed by atoms with E-state index in [1.54, 1.807) is 18.2 Å². The molecule has 0 unspecified atom stereocenters. The normalized spacial score (nSPS) is 11.3. The smallest absolute Gasteiger partial charge is 0.240 e. The van der Waals surface area contributed by atoms with Gasteiger partial charge in [0.05, 0.1) is 4.90 Å². The maximum absolute atomic E-state index is 12.2. The third kappa shape index (κ3) is 5.21. The Morgan fingerprint density at radius 3 is 2.33 bits per heavy atom. The van der Waals surface area contributed by atoms with E-state index in [-0.39, 0.29) is 17.3 Å². The monoisotopic (exact) mass is 386 g/mol. The maximum atomic E-state index is 12.2. The van der Waals surface area contributed by atoms with Crippen LogP contribution in [0.3, 0.4) is 0 Å². The van der Waals surface area contributed by atoms with Gasteiger partial charge in [-0.3, -0.25) is 4.79 Å². The molecule has 2 N–H and O–H groups in total. The first-order chi connectivity index (χ1) is 11.3. The maximum Gasteiger partial charge on any atom is 0.240 e. The number of hydrogen-bond donors (Lipinski definition) is 2. The molecule has 8 heteroatoms. The van der Waals surface area contributed by atoms with Crippen LogP contribution in [-0.4, -0.2) is 20.9 Å². The Bertz CT molecular complexity index is 837. The summed E-state index contributed by atoms with van der Waals surface area (Å²) in [7, 11) is -3.63. The Labute approximate surface area is 151 Å². The van der Waals surface area contributed by atoms with Gasteiger partial charge in [-0.25, -0.2) is 13.1 Å². The van der Waals surface area contributed by atoms with Gasteiger partial charge in [0.1, 0.15) is 0 Å². The number of hydrogen-bond acceptors (Lipinski definition) is 3. The molecule has 0 fully saturated rings. The minimum atomic E-state index is -3.63. The summed E-state index contributed by atoms with van der Waals surface area (Å²) in [6.07, 6.45) is 0.444. The first-order valence-corrected chi connectivity index (χ1v) is 9.33. The van der Waals surface area contributed by atoms with Crippen LogP contribution in [0.4, 0.5) is 5.69 Å². The standard InChI is InChI=1S/C16H16Cl2N2O3S/c1-11(21)20-14-4-6-15(7-5-14)24(22,23)19-9-8-12-2-3-13(17)10-16(12)18/h2-7,10,19H,8-9H2,1H3,(H,20,21). The zero-order valence-electron chi connectivity index (χ0n) is 12.8. The number of carbonyl (C=O) groups is 1. The van der Waals surface area contributed by atoms with Gasteiger partial charge >= 0.3 is 0 Å². The summed E-state index contributed by atoms with van der Waals surface area (Å²) >= 11 is 11.9. The molecule has 0 aliphatic heterocycles. The van der Waals surface area contributed by atoms with E-state index in [9.17, 15) is 13.2 Å². The number of amides is 1. The van der Waals surface area contributed by atoms with Crippen molar-refractivity contribution in [2.45, 2.75) is 18.2 Å². The quantitative estimate of drug-likeness (QED) is 0.797. The molecule has 2 rings (SSSR count). The Hall–Kier alpha value is -1.60. The first-order valence-electron chi connectivity index (χ1n) is 7.09. The molecule has 128 valence electrons. The van der Waals surface area contributed by atoms with E-state index < -0.39 is 10.0 Å². The molecule has 0 atom stereocenters. The third-order valence-electron chi connectivity index (χ3n) is 3.19. The van der Waals surface area contributed by atoms with Crippen molar-refractivity contribution in [3.05, 3.63) is 58.1 Å². The van der Waals surface area contributed by atoms with Gasteiger partial charge in [0.2, 0.25) is 15.9 Å². The Morgan fingerprint density at radius 1 is 1.08 bits per heavy atom. The lowest BCUT2D eigenvalue weighted by molar-refractivity contribution is -0.114. The topological polar surface area (TPSA) is 75.3 Å². The van der Waals surface area contributed by atoms with Crippen LogP contribution in [-0.2, 0) is 21.2 Å². The van der Waals surface area contributed by atoms with E-state index in [0.717, 1.165) is 5.56 Å². The van der Waals surface area contributed by atoms with Gasteiger partial charge in [-0.15, -0.1) is 0 Å². The van der Waals surface area contributed by atoms with Crippen molar-refractivity contribution >= 4 is 44.8 Å². The fraction of sp³-hybridized carbons (Fsp3) is 0.188.